The van der Waals surface area contributed by atoms with Crippen LogP contribution in [0, 0.1) is 0 Å². The highest BCUT2D eigenvalue weighted by Crippen LogP contribution is 2.23. The molecule has 0 amide bonds. The van der Waals surface area contributed by atoms with Gasteiger partial charge in [0.25, 0.3) is 0 Å². The van der Waals surface area contributed by atoms with Gasteiger partial charge in [-0.3, -0.25) is 0 Å². The Hall–Kier alpha value is -0.650. The monoisotopic (exact) mass is 266 g/mol. The third kappa shape index (κ3) is 2.90. The Morgan fingerprint density at radius 2 is 1.80 bits per heavy atom. The molecule has 7 heteroatoms. The van der Waals surface area contributed by atoms with Gasteiger partial charge in [0.05, 0.1) is 0 Å². The molecule has 1 aromatic rings. The van der Waals surface area contributed by atoms with Crippen molar-refractivity contribution in [3.8, 4) is 0 Å². The van der Waals surface area contributed by atoms with Gasteiger partial charge in [-0.15, -0.1) is 6.58 Å². The van der Waals surface area contributed by atoms with Crippen molar-refractivity contribution in [2.75, 3.05) is 6.26 Å². The number of halogens is 2. The molecule has 4 nitrogen and oxygen atoms in total. The number of hydrogen-bond donors (Lipinski definition) is 0. The molecule has 0 atom stereocenters. The molecule has 0 saturated heterocycles. The molecule has 1 aromatic heterocycles. The van der Waals surface area contributed by atoms with Gasteiger partial charge in [-0.2, -0.15) is 0 Å². The summed E-state index contributed by atoms with van der Waals surface area (Å²) in [7, 11) is -3.50. The Bertz CT molecular complexity index is 476. The molecular formula is C8H8Cl2N2O2S. The normalized spacial score (nSPS) is 11.4. The summed E-state index contributed by atoms with van der Waals surface area (Å²) < 4.78 is 22.3. The first-order chi connectivity index (χ1) is 6.86. The first kappa shape index (κ1) is 12.4. The Morgan fingerprint density at radius 3 is 2.13 bits per heavy atom. The molecule has 1 rings (SSSR count). The molecule has 0 spiro atoms. The van der Waals surface area contributed by atoms with Gasteiger partial charge in [0, 0.05) is 11.8 Å². The Balaban J connectivity index is 3.38. The van der Waals surface area contributed by atoms with Crippen LogP contribution in [0.3, 0.4) is 0 Å². The van der Waals surface area contributed by atoms with E-state index in [2.05, 4.69) is 16.5 Å². The van der Waals surface area contributed by atoms with Gasteiger partial charge in [0.1, 0.15) is 10.3 Å². The van der Waals surface area contributed by atoms with Crippen molar-refractivity contribution in [1.29, 1.82) is 0 Å². The summed E-state index contributed by atoms with van der Waals surface area (Å²) in [6.45, 7) is 3.52. The summed E-state index contributed by atoms with van der Waals surface area (Å²) in [4.78, 5) is 7.32. The first-order valence-corrected chi connectivity index (χ1v) is 6.54. The molecule has 15 heavy (non-hydrogen) atoms. The van der Waals surface area contributed by atoms with Crippen LogP contribution in [-0.2, 0) is 16.3 Å². The minimum atomic E-state index is -3.50. The molecule has 0 aliphatic heterocycles. The number of aromatic nitrogens is 2. The zero-order chi connectivity index (χ0) is 11.6. The van der Waals surface area contributed by atoms with Crippen molar-refractivity contribution in [3.05, 3.63) is 28.5 Å². The summed E-state index contributed by atoms with van der Waals surface area (Å²) >= 11 is 11.5. The van der Waals surface area contributed by atoms with Gasteiger partial charge >= 0.3 is 0 Å². The fourth-order valence-electron chi connectivity index (χ4n) is 0.892. The lowest BCUT2D eigenvalue weighted by Gasteiger charge is -2.04. The van der Waals surface area contributed by atoms with Crippen molar-refractivity contribution in [3.63, 3.8) is 0 Å². The number of hydrogen-bond acceptors (Lipinski definition) is 4. The number of allylic oxidation sites excluding steroid dienone is 1. The smallest absolute Gasteiger partial charge is 0.221 e. The summed E-state index contributed by atoms with van der Waals surface area (Å²) in [5.41, 5.74) is 0.473. The van der Waals surface area contributed by atoms with Crippen LogP contribution in [0.1, 0.15) is 5.56 Å². The molecule has 1 heterocycles. The number of sulfone groups is 1. The molecule has 0 N–H and O–H groups in total. The van der Waals surface area contributed by atoms with Crippen LogP contribution >= 0.6 is 23.2 Å². The second-order valence-electron chi connectivity index (χ2n) is 2.83. The van der Waals surface area contributed by atoms with E-state index >= 15 is 0 Å². The van der Waals surface area contributed by atoms with Crippen molar-refractivity contribution >= 4 is 33.0 Å². The zero-order valence-electron chi connectivity index (χ0n) is 7.87. The van der Waals surface area contributed by atoms with Gasteiger partial charge in [-0.05, 0) is 6.42 Å². The molecule has 0 unspecified atom stereocenters. The van der Waals surface area contributed by atoms with Crippen LogP contribution in [0.2, 0.25) is 10.3 Å². The molecule has 0 aliphatic carbocycles. The minimum Gasteiger partial charge on any atom is -0.221 e. The quantitative estimate of drug-likeness (QED) is 0.477. The molecule has 0 aliphatic rings. The van der Waals surface area contributed by atoms with Crippen molar-refractivity contribution in [2.45, 2.75) is 11.6 Å². The van der Waals surface area contributed by atoms with E-state index in [9.17, 15) is 8.42 Å². The fourth-order valence-corrected chi connectivity index (χ4v) is 2.05. The molecule has 0 aromatic carbocycles. The van der Waals surface area contributed by atoms with E-state index < -0.39 is 9.84 Å². The van der Waals surface area contributed by atoms with E-state index in [0.29, 0.717) is 12.0 Å². The first-order valence-electron chi connectivity index (χ1n) is 3.89. The molecule has 0 fully saturated rings. The highest BCUT2D eigenvalue weighted by Gasteiger charge is 2.16. The summed E-state index contributed by atoms with van der Waals surface area (Å²) in [6, 6.07) is 0. The van der Waals surface area contributed by atoms with Crippen LogP contribution in [0.15, 0.2) is 17.8 Å². The van der Waals surface area contributed by atoms with E-state index in [-0.39, 0.29) is 15.5 Å². The van der Waals surface area contributed by atoms with Crippen molar-refractivity contribution in [2.24, 2.45) is 0 Å². The second kappa shape index (κ2) is 4.47. The minimum absolute atomic E-state index is 0.0373. The SMILES string of the molecule is C=CCc1c(Cl)nc(S(C)(=O)=O)nc1Cl. The van der Waals surface area contributed by atoms with E-state index in [1.54, 1.807) is 6.08 Å². The van der Waals surface area contributed by atoms with Crippen LogP contribution in [0.4, 0.5) is 0 Å². The van der Waals surface area contributed by atoms with Crippen LogP contribution < -0.4 is 0 Å². The highest BCUT2D eigenvalue weighted by molar-refractivity contribution is 7.90. The second-order valence-corrected chi connectivity index (χ2v) is 5.46. The average Bonchev–Trinajstić information content (AvgIpc) is 2.09. The lowest BCUT2D eigenvalue weighted by atomic mass is 10.2. The van der Waals surface area contributed by atoms with E-state index in [4.69, 9.17) is 23.2 Å². The molecule has 0 saturated carbocycles. The van der Waals surface area contributed by atoms with Gasteiger partial charge in [0.15, 0.2) is 0 Å². The third-order valence-corrected chi connectivity index (χ3v) is 3.04. The maximum Gasteiger partial charge on any atom is 0.249 e. The molecule has 0 bridgehead atoms. The number of rotatable bonds is 3. The molecular weight excluding hydrogens is 259 g/mol. The third-order valence-electron chi connectivity index (χ3n) is 1.57. The van der Waals surface area contributed by atoms with Crippen LogP contribution in [0.25, 0.3) is 0 Å². The fraction of sp³-hybridized carbons (Fsp3) is 0.250. The maximum atomic E-state index is 11.1. The van der Waals surface area contributed by atoms with Gasteiger partial charge < -0.3 is 0 Å². The highest BCUT2D eigenvalue weighted by atomic mass is 35.5. The van der Waals surface area contributed by atoms with Gasteiger partial charge in [-0.25, -0.2) is 18.4 Å². The van der Waals surface area contributed by atoms with Crippen molar-refractivity contribution < 1.29 is 8.42 Å². The summed E-state index contributed by atoms with van der Waals surface area (Å²) in [6.07, 6.45) is 2.96. The standard InChI is InChI=1S/C8H8Cl2N2O2S/c1-3-4-5-6(9)11-8(12-7(5)10)15(2,13)14/h3H,1,4H2,2H3. The predicted octanol–water partition coefficient (Wildman–Crippen LogP) is 1.92. The summed E-state index contributed by atoms with van der Waals surface area (Å²) in [5.74, 6) is 0. The van der Waals surface area contributed by atoms with Crippen molar-refractivity contribution in [1.82, 2.24) is 9.97 Å². The van der Waals surface area contributed by atoms with E-state index in [1.165, 1.54) is 0 Å². The average molecular weight is 267 g/mol. The number of nitrogens with zero attached hydrogens (tertiary/aromatic N) is 2. The Morgan fingerprint density at radius 1 is 1.33 bits per heavy atom. The molecule has 0 radical (unpaired) electrons. The lowest BCUT2D eigenvalue weighted by Crippen LogP contribution is -2.06. The Labute approximate surface area is 97.9 Å². The largest absolute Gasteiger partial charge is 0.249 e. The Kier molecular flexibility index (Phi) is 3.70. The van der Waals surface area contributed by atoms with E-state index in [0.717, 1.165) is 6.26 Å². The topological polar surface area (TPSA) is 59.9 Å². The van der Waals surface area contributed by atoms with Crippen LogP contribution in [-0.4, -0.2) is 24.6 Å². The van der Waals surface area contributed by atoms with Gasteiger partial charge in [0.2, 0.25) is 15.0 Å². The predicted molar refractivity (Wildman–Crippen MR) is 59.1 cm³/mol. The van der Waals surface area contributed by atoms with E-state index in [1.807, 2.05) is 0 Å². The maximum absolute atomic E-state index is 11.1. The summed E-state index contributed by atoms with van der Waals surface area (Å²) in [5, 5.41) is -0.295. The molecule has 82 valence electrons. The van der Waals surface area contributed by atoms with Crippen LogP contribution in [0.5, 0.6) is 0 Å². The lowest BCUT2D eigenvalue weighted by molar-refractivity contribution is 0.592. The zero-order valence-corrected chi connectivity index (χ0v) is 10.2. The van der Waals surface area contributed by atoms with Gasteiger partial charge in [-0.1, -0.05) is 29.3 Å².